The van der Waals surface area contributed by atoms with Crippen molar-refractivity contribution in [3.05, 3.63) is 22.7 Å². The Balaban J connectivity index is 1.99. The summed E-state index contributed by atoms with van der Waals surface area (Å²) in [5.74, 6) is 1.53. The Bertz CT molecular complexity index is 647. The first kappa shape index (κ1) is 25.6. The van der Waals surface area contributed by atoms with E-state index >= 15 is 0 Å². The summed E-state index contributed by atoms with van der Waals surface area (Å²) < 4.78 is 5.46. The molecule has 172 valence electrons. The summed E-state index contributed by atoms with van der Waals surface area (Å²) >= 11 is 3.60. The fourth-order valence-electron chi connectivity index (χ4n) is 6.17. The summed E-state index contributed by atoms with van der Waals surface area (Å²) in [4.78, 5) is 14.3. The van der Waals surface area contributed by atoms with Gasteiger partial charge in [0, 0.05) is 5.92 Å². The molecule has 0 radical (unpaired) electrons. The average Bonchev–Trinajstić information content (AvgIpc) is 3.02. The molecule has 0 amide bonds. The van der Waals surface area contributed by atoms with Gasteiger partial charge in [-0.05, 0) is 99.4 Å². The molecule has 2 aliphatic carbocycles. The molecular weight excluding hydrogens is 440 g/mol. The van der Waals surface area contributed by atoms with Gasteiger partial charge in [0.2, 0.25) is 0 Å². The summed E-state index contributed by atoms with van der Waals surface area (Å²) in [5.41, 5.74) is 2.23. The van der Waals surface area contributed by atoms with Crippen LogP contribution in [0.4, 0.5) is 0 Å². The largest absolute Gasteiger partial charge is 0.461 e. The third-order valence-corrected chi connectivity index (χ3v) is 8.50. The van der Waals surface area contributed by atoms with Crippen molar-refractivity contribution in [3.8, 4) is 0 Å². The highest BCUT2D eigenvalue weighted by atomic mass is 79.9. The maximum absolute atomic E-state index is 12.1. The van der Waals surface area contributed by atoms with Crippen LogP contribution in [0.25, 0.3) is 0 Å². The van der Waals surface area contributed by atoms with Crippen LogP contribution in [-0.4, -0.2) is 23.8 Å². The van der Waals surface area contributed by atoms with E-state index in [0.29, 0.717) is 23.2 Å². The van der Waals surface area contributed by atoms with Crippen molar-refractivity contribution in [1.82, 2.24) is 0 Å². The molecule has 0 bridgehead atoms. The second-order valence-electron chi connectivity index (χ2n) is 11.1. The third kappa shape index (κ3) is 5.59. The Hall–Kier alpha value is -0.610. The van der Waals surface area contributed by atoms with E-state index in [1.807, 2.05) is 20.8 Å². The van der Waals surface area contributed by atoms with Crippen LogP contribution in [0, 0.1) is 34.5 Å². The van der Waals surface area contributed by atoms with Gasteiger partial charge in [0.15, 0.2) is 0 Å². The second kappa shape index (κ2) is 10.3. The molecule has 2 saturated carbocycles. The van der Waals surface area contributed by atoms with Crippen LogP contribution < -0.4 is 0 Å². The summed E-state index contributed by atoms with van der Waals surface area (Å²) in [6.45, 7) is 16.8. The van der Waals surface area contributed by atoms with Crippen molar-refractivity contribution < 1.29 is 14.6 Å². The number of hydrogen-bond acceptors (Lipinski definition) is 3. The van der Waals surface area contributed by atoms with Crippen LogP contribution in [-0.2, 0) is 9.53 Å². The molecule has 2 fully saturated rings. The Kier molecular flexibility index (Phi) is 8.84. The SMILES string of the molecule is C=C(COC(=O)C(C)(C)C)[C@H](CC)[C@@H](O)C[C@@H](C)[C@H]1CC[C@H]2C(=CBr)CCC[C@]12C. The predicted molar refractivity (Wildman–Crippen MR) is 128 cm³/mol. The zero-order chi connectivity index (χ0) is 22.7. The minimum atomic E-state index is -0.522. The van der Waals surface area contributed by atoms with Gasteiger partial charge < -0.3 is 9.84 Å². The first-order chi connectivity index (χ1) is 14.0. The number of carbonyl (C=O) groups excluding carboxylic acids is 1. The maximum Gasteiger partial charge on any atom is 0.311 e. The van der Waals surface area contributed by atoms with Crippen LogP contribution in [0.2, 0.25) is 0 Å². The van der Waals surface area contributed by atoms with E-state index in [1.54, 1.807) is 5.57 Å². The average molecular weight is 484 g/mol. The van der Waals surface area contributed by atoms with E-state index in [-0.39, 0.29) is 18.5 Å². The molecule has 0 saturated heterocycles. The highest BCUT2D eigenvalue weighted by Gasteiger charge is 2.50. The maximum atomic E-state index is 12.1. The number of aliphatic hydroxyl groups is 1. The van der Waals surface area contributed by atoms with Crippen LogP contribution in [0.3, 0.4) is 0 Å². The number of esters is 1. The zero-order valence-corrected chi connectivity index (χ0v) is 21.6. The molecule has 4 heteroatoms. The third-order valence-electron chi connectivity index (χ3n) is 7.91. The molecule has 1 N–H and O–H groups in total. The van der Waals surface area contributed by atoms with Gasteiger partial charge in [-0.25, -0.2) is 0 Å². The smallest absolute Gasteiger partial charge is 0.311 e. The minimum absolute atomic E-state index is 0.0328. The quantitative estimate of drug-likeness (QED) is 0.298. The number of hydrogen-bond donors (Lipinski definition) is 1. The highest BCUT2D eigenvalue weighted by Crippen LogP contribution is 2.60. The predicted octanol–water partition coefficient (Wildman–Crippen LogP) is 7.04. The first-order valence-electron chi connectivity index (χ1n) is 11.8. The van der Waals surface area contributed by atoms with Crippen LogP contribution in [0.1, 0.15) is 86.5 Å². The van der Waals surface area contributed by atoms with Crippen molar-refractivity contribution in [2.75, 3.05) is 6.61 Å². The van der Waals surface area contributed by atoms with Crippen molar-refractivity contribution in [1.29, 1.82) is 0 Å². The Labute approximate surface area is 192 Å². The first-order valence-corrected chi connectivity index (χ1v) is 12.7. The molecule has 30 heavy (non-hydrogen) atoms. The van der Waals surface area contributed by atoms with Gasteiger partial charge in [-0.1, -0.05) is 48.9 Å². The van der Waals surface area contributed by atoms with Gasteiger partial charge in [-0.2, -0.15) is 0 Å². The molecule has 3 nitrogen and oxygen atoms in total. The van der Waals surface area contributed by atoms with Crippen molar-refractivity contribution in [2.45, 2.75) is 92.6 Å². The topological polar surface area (TPSA) is 46.5 Å². The van der Waals surface area contributed by atoms with E-state index in [1.165, 1.54) is 32.1 Å². The monoisotopic (exact) mass is 482 g/mol. The van der Waals surface area contributed by atoms with Crippen LogP contribution >= 0.6 is 15.9 Å². The van der Waals surface area contributed by atoms with E-state index < -0.39 is 11.5 Å². The molecule has 0 aromatic heterocycles. The molecule has 2 aliphatic rings. The van der Waals surface area contributed by atoms with Crippen LogP contribution in [0.15, 0.2) is 22.7 Å². The lowest BCUT2D eigenvalue weighted by atomic mass is 9.61. The Morgan fingerprint density at radius 1 is 1.40 bits per heavy atom. The number of fused-ring (bicyclic) bond motifs is 1. The molecule has 0 heterocycles. The number of rotatable bonds is 8. The Morgan fingerprint density at radius 3 is 2.63 bits per heavy atom. The van der Waals surface area contributed by atoms with Crippen molar-refractivity contribution >= 4 is 21.9 Å². The van der Waals surface area contributed by atoms with Gasteiger partial charge >= 0.3 is 5.97 Å². The number of ether oxygens (including phenoxy) is 1. The van der Waals surface area contributed by atoms with Gasteiger partial charge in [0.1, 0.15) is 6.61 Å². The normalized spacial score (nSPS) is 31.1. The number of aliphatic hydroxyl groups excluding tert-OH is 1. The van der Waals surface area contributed by atoms with Crippen molar-refractivity contribution in [3.63, 3.8) is 0 Å². The lowest BCUT2D eigenvalue weighted by Crippen LogP contribution is -2.37. The lowest BCUT2D eigenvalue weighted by Gasteiger charge is -2.44. The van der Waals surface area contributed by atoms with Crippen molar-refractivity contribution in [2.24, 2.45) is 34.5 Å². The lowest BCUT2D eigenvalue weighted by molar-refractivity contribution is -0.152. The molecule has 0 aliphatic heterocycles. The van der Waals surface area contributed by atoms with Gasteiger partial charge in [0.05, 0.1) is 11.5 Å². The van der Waals surface area contributed by atoms with E-state index in [4.69, 9.17) is 4.74 Å². The number of halogens is 1. The summed E-state index contributed by atoms with van der Waals surface area (Å²) in [5, 5.41) is 11.1. The molecule has 0 spiro atoms. The van der Waals surface area contributed by atoms with E-state index in [2.05, 4.69) is 48.3 Å². The molecule has 0 aromatic rings. The molecule has 0 unspecified atom stereocenters. The molecule has 6 atom stereocenters. The summed E-state index contributed by atoms with van der Waals surface area (Å²) in [7, 11) is 0. The minimum Gasteiger partial charge on any atom is -0.461 e. The summed E-state index contributed by atoms with van der Waals surface area (Å²) in [6, 6.07) is 0. The molecular formula is C26H43BrO3. The fraction of sp³-hybridized carbons (Fsp3) is 0.808. The fourth-order valence-corrected chi connectivity index (χ4v) is 6.72. The Morgan fingerprint density at radius 2 is 2.07 bits per heavy atom. The van der Waals surface area contributed by atoms with Crippen LogP contribution in [0.5, 0.6) is 0 Å². The zero-order valence-electron chi connectivity index (χ0n) is 20.0. The van der Waals surface area contributed by atoms with E-state index in [0.717, 1.165) is 18.4 Å². The second-order valence-corrected chi connectivity index (χ2v) is 11.5. The van der Waals surface area contributed by atoms with Gasteiger partial charge in [-0.3, -0.25) is 4.79 Å². The van der Waals surface area contributed by atoms with E-state index in [9.17, 15) is 9.90 Å². The standard InChI is InChI=1S/C26H43BrO3/c1-8-20(18(3)16-30-24(29)25(4,5)6)23(28)14-17(2)21-11-12-22-19(15-27)10-9-13-26(21,22)7/h15,17,20-23,28H,3,8-14,16H2,1-2,4-7H3/t17-,20+,21-,22+,23+,26-/m1/s1. The molecule has 0 aromatic carbocycles. The number of carbonyl (C=O) groups is 1. The summed E-state index contributed by atoms with van der Waals surface area (Å²) in [6.07, 6.45) is 7.45. The molecule has 2 rings (SSSR count). The van der Waals surface area contributed by atoms with Gasteiger partial charge in [-0.15, -0.1) is 0 Å². The number of allylic oxidation sites excluding steroid dienone is 1. The highest BCUT2D eigenvalue weighted by molar-refractivity contribution is 9.11. The van der Waals surface area contributed by atoms with Gasteiger partial charge in [0.25, 0.3) is 0 Å².